The summed E-state index contributed by atoms with van der Waals surface area (Å²) in [6.07, 6.45) is 0. The first-order valence-electron chi connectivity index (χ1n) is 6.90. The van der Waals surface area contributed by atoms with Gasteiger partial charge in [-0.1, -0.05) is 42.0 Å². The summed E-state index contributed by atoms with van der Waals surface area (Å²) < 4.78 is 1.01. The molecule has 3 rings (SSSR count). The van der Waals surface area contributed by atoms with Gasteiger partial charge in [0.1, 0.15) is 5.37 Å². The zero-order valence-corrected chi connectivity index (χ0v) is 14.7. The first-order chi connectivity index (χ1) is 10.2. The summed E-state index contributed by atoms with van der Waals surface area (Å²) in [6.45, 7) is 2.90. The van der Waals surface area contributed by atoms with E-state index in [-0.39, 0.29) is 11.3 Å². The van der Waals surface area contributed by atoms with Gasteiger partial charge in [0.25, 0.3) is 5.91 Å². The summed E-state index contributed by atoms with van der Waals surface area (Å²) in [5.41, 5.74) is 3.26. The van der Waals surface area contributed by atoms with Crippen molar-refractivity contribution in [1.29, 1.82) is 0 Å². The average Bonchev–Trinajstić information content (AvgIpc) is 2.97. The Morgan fingerprint density at radius 1 is 1.19 bits per heavy atom. The molecule has 2 aromatic rings. The van der Waals surface area contributed by atoms with Gasteiger partial charge in [0.05, 0.1) is 5.56 Å². The number of carbonyl (C=O) groups excluding carboxylic acids is 1. The second-order valence-corrected chi connectivity index (χ2v) is 7.46. The van der Waals surface area contributed by atoms with Crippen molar-refractivity contribution < 1.29 is 4.79 Å². The van der Waals surface area contributed by atoms with Crippen LogP contribution in [0.25, 0.3) is 0 Å². The Kier molecular flexibility index (Phi) is 4.54. The molecule has 0 radical (unpaired) electrons. The SMILES string of the molecule is Cc1ccc(C2SCCN2C(=O)c2ccccc2I)cc1. The van der Waals surface area contributed by atoms with Crippen LogP contribution in [0.1, 0.15) is 26.9 Å². The standard InChI is InChI=1S/C17H16INOS/c1-12-6-8-13(9-7-12)17-19(10-11-21-17)16(20)14-4-2-3-5-15(14)18/h2-9,17H,10-11H2,1H3. The van der Waals surface area contributed by atoms with Gasteiger partial charge < -0.3 is 4.90 Å². The van der Waals surface area contributed by atoms with E-state index in [0.29, 0.717) is 0 Å². The van der Waals surface area contributed by atoms with Gasteiger partial charge in [0.15, 0.2) is 0 Å². The first kappa shape index (κ1) is 14.9. The molecule has 0 aromatic heterocycles. The van der Waals surface area contributed by atoms with Gasteiger partial charge in [-0.3, -0.25) is 4.79 Å². The fourth-order valence-corrected chi connectivity index (χ4v) is 4.35. The molecule has 2 aromatic carbocycles. The van der Waals surface area contributed by atoms with Crippen LogP contribution in [0.15, 0.2) is 48.5 Å². The maximum absolute atomic E-state index is 12.8. The van der Waals surface area contributed by atoms with E-state index in [1.807, 2.05) is 40.9 Å². The van der Waals surface area contributed by atoms with Gasteiger partial charge in [-0.25, -0.2) is 0 Å². The van der Waals surface area contributed by atoms with Crippen LogP contribution in [0.3, 0.4) is 0 Å². The Hall–Kier alpha value is -1.01. The number of rotatable bonds is 2. The minimum absolute atomic E-state index is 0.133. The van der Waals surface area contributed by atoms with Crippen molar-refractivity contribution >= 4 is 40.3 Å². The molecule has 1 aliphatic heterocycles. The molecular formula is C17H16INOS. The van der Waals surface area contributed by atoms with E-state index in [2.05, 4.69) is 53.8 Å². The molecule has 2 nitrogen and oxygen atoms in total. The van der Waals surface area contributed by atoms with Crippen LogP contribution in [-0.4, -0.2) is 23.1 Å². The molecule has 1 atom stereocenters. The van der Waals surface area contributed by atoms with Crippen LogP contribution in [0.5, 0.6) is 0 Å². The predicted molar refractivity (Wildman–Crippen MR) is 96.6 cm³/mol. The lowest BCUT2D eigenvalue weighted by atomic mass is 10.1. The van der Waals surface area contributed by atoms with Crippen molar-refractivity contribution in [2.45, 2.75) is 12.3 Å². The van der Waals surface area contributed by atoms with E-state index in [1.165, 1.54) is 11.1 Å². The van der Waals surface area contributed by atoms with Crippen LogP contribution in [0.4, 0.5) is 0 Å². The molecule has 1 aliphatic rings. The molecule has 0 N–H and O–H groups in total. The van der Waals surface area contributed by atoms with Gasteiger partial charge in [0, 0.05) is 15.9 Å². The molecular weight excluding hydrogens is 393 g/mol. The molecule has 1 saturated heterocycles. The number of benzene rings is 2. The minimum atomic E-state index is 0.133. The number of hydrogen-bond donors (Lipinski definition) is 0. The third-order valence-electron chi connectivity index (χ3n) is 3.62. The minimum Gasteiger partial charge on any atom is -0.322 e. The second-order valence-electron chi connectivity index (χ2n) is 5.11. The summed E-state index contributed by atoms with van der Waals surface area (Å²) in [6, 6.07) is 16.3. The lowest BCUT2D eigenvalue weighted by molar-refractivity contribution is 0.0759. The number of nitrogens with zero attached hydrogens (tertiary/aromatic N) is 1. The Balaban J connectivity index is 1.89. The van der Waals surface area contributed by atoms with E-state index >= 15 is 0 Å². The Bertz CT molecular complexity index is 656. The highest BCUT2D eigenvalue weighted by Gasteiger charge is 2.31. The van der Waals surface area contributed by atoms with Crippen LogP contribution in [0.2, 0.25) is 0 Å². The highest BCUT2D eigenvalue weighted by Crippen LogP contribution is 2.39. The Labute approximate surface area is 143 Å². The number of thioether (sulfide) groups is 1. The van der Waals surface area contributed by atoms with Crippen molar-refractivity contribution in [3.8, 4) is 0 Å². The van der Waals surface area contributed by atoms with Gasteiger partial charge >= 0.3 is 0 Å². The first-order valence-corrected chi connectivity index (χ1v) is 9.03. The van der Waals surface area contributed by atoms with Crippen molar-refractivity contribution in [3.05, 3.63) is 68.8 Å². The molecule has 0 aliphatic carbocycles. The number of amides is 1. The maximum atomic E-state index is 12.8. The van der Waals surface area contributed by atoms with Crippen LogP contribution in [0, 0.1) is 10.5 Å². The number of hydrogen-bond acceptors (Lipinski definition) is 2. The van der Waals surface area contributed by atoms with Crippen LogP contribution >= 0.6 is 34.4 Å². The normalized spacial score (nSPS) is 18.0. The summed E-state index contributed by atoms with van der Waals surface area (Å²) in [4.78, 5) is 14.8. The average molecular weight is 409 g/mol. The third-order valence-corrected chi connectivity index (χ3v) is 5.82. The van der Waals surface area contributed by atoms with Crippen LogP contribution < -0.4 is 0 Å². The molecule has 1 amide bonds. The molecule has 1 fully saturated rings. The van der Waals surface area contributed by atoms with Gasteiger partial charge in [-0.15, -0.1) is 11.8 Å². The zero-order valence-electron chi connectivity index (χ0n) is 11.8. The summed E-state index contributed by atoms with van der Waals surface area (Å²) >= 11 is 4.07. The fraction of sp³-hybridized carbons (Fsp3) is 0.235. The fourth-order valence-electron chi connectivity index (χ4n) is 2.47. The highest BCUT2D eigenvalue weighted by molar-refractivity contribution is 14.1. The number of aryl methyl sites for hydroxylation is 1. The third kappa shape index (κ3) is 3.11. The number of carbonyl (C=O) groups is 1. The van der Waals surface area contributed by atoms with Crippen molar-refractivity contribution in [1.82, 2.24) is 4.90 Å². The van der Waals surface area contributed by atoms with Crippen molar-refractivity contribution in [3.63, 3.8) is 0 Å². The molecule has 0 spiro atoms. The van der Waals surface area contributed by atoms with E-state index in [0.717, 1.165) is 21.4 Å². The van der Waals surface area contributed by atoms with Crippen LogP contribution in [-0.2, 0) is 0 Å². The quantitative estimate of drug-likeness (QED) is 0.682. The van der Waals surface area contributed by atoms with E-state index in [4.69, 9.17) is 0 Å². The number of halogens is 1. The summed E-state index contributed by atoms with van der Waals surface area (Å²) in [5.74, 6) is 1.13. The monoisotopic (exact) mass is 409 g/mol. The summed E-state index contributed by atoms with van der Waals surface area (Å²) in [7, 11) is 0. The van der Waals surface area contributed by atoms with E-state index in [1.54, 1.807) is 0 Å². The van der Waals surface area contributed by atoms with Crippen molar-refractivity contribution in [2.75, 3.05) is 12.3 Å². The Morgan fingerprint density at radius 3 is 2.62 bits per heavy atom. The highest BCUT2D eigenvalue weighted by atomic mass is 127. The smallest absolute Gasteiger partial charge is 0.256 e. The molecule has 1 unspecified atom stereocenters. The second kappa shape index (κ2) is 6.40. The van der Waals surface area contributed by atoms with E-state index in [9.17, 15) is 4.79 Å². The molecule has 0 bridgehead atoms. The lowest BCUT2D eigenvalue weighted by Crippen LogP contribution is -2.30. The van der Waals surface area contributed by atoms with Gasteiger partial charge in [0.2, 0.25) is 0 Å². The molecule has 1 heterocycles. The van der Waals surface area contributed by atoms with E-state index < -0.39 is 0 Å². The Morgan fingerprint density at radius 2 is 1.90 bits per heavy atom. The summed E-state index contributed by atoms with van der Waals surface area (Å²) in [5, 5.41) is 0.133. The predicted octanol–water partition coefficient (Wildman–Crippen LogP) is 4.49. The molecule has 108 valence electrons. The molecule has 0 saturated carbocycles. The largest absolute Gasteiger partial charge is 0.322 e. The van der Waals surface area contributed by atoms with Crippen molar-refractivity contribution in [2.24, 2.45) is 0 Å². The molecule has 4 heteroatoms. The van der Waals surface area contributed by atoms with Gasteiger partial charge in [-0.2, -0.15) is 0 Å². The zero-order chi connectivity index (χ0) is 14.8. The maximum Gasteiger partial charge on any atom is 0.256 e. The van der Waals surface area contributed by atoms with Gasteiger partial charge in [-0.05, 0) is 47.2 Å². The lowest BCUT2D eigenvalue weighted by Gasteiger charge is -2.24. The topological polar surface area (TPSA) is 20.3 Å². The molecule has 21 heavy (non-hydrogen) atoms.